The van der Waals surface area contributed by atoms with Crippen molar-refractivity contribution in [1.29, 1.82) is 0 Å². The summed E-state index contributed by atoms with van der Waals surface area (Å²) in [5.41, 5.74) is 7.17. The highest BCUT2D eigenvalue weighted by atomic mass is 79.9. The molecule has 0 heterocycles. The van der Waals surface area contributed by atoms with Gasteiger partial charge in [0.1, 0.15) is 17.3 Å². The molecule has 0 amide bonds. The normalized spacial score (nSPS) is 12.3. The average Bonchev–Trinajstić information content (AvgIpc) is 2.33. The van der Waals surface area contributed by atoms with Crippen LogP contribution < -0.4 is 10.5 Å². The quantitative estimate of drug-likeness (QED) is 0.887. The number of hydrogen-bond acceptors (Lipinski definition) is 2. The van der Waals surface area contributed by atoms with Gasteiger partial charge in [0.25, 0.3) is 0 Å². The Balaban J connectivity index is 2.44. The fourth-order valence-corrected chi connectivity index (χ4v) is 2.19. The van der Waals surface area contributed by atoms with E-state index in [-0.39, 0.29) is 5.82 Å². The zero-order chi connectivity index (χ0) is 14.0. The molecule has 0 saturated heterocycles. The second-order valence-corrected chi connectivity index (χ2v) is 5.37. The van der Waals surface area contributed by atoms with E-state index < -0.39 is 6.04 Å². The molecular formula is C15H15BrFNO. The van der Waals surface area contributed by atoms with E-state index in [0.717, 1.165) is 10.0 Å². The van der Waals surface area contributed by atoms with Crippen LogP contribution in [0.5, 0.6) is 11.5 Å². The van der Waals surface area contributed by atoms with Gasteiger partial charge in [-0.05, 0) is 43.7 Å². The fourth-order valence-electron chi connectivity index (χ4n) is 1.85. The van der Waals surface area contributed by atoms with E-state index in [1.54, 1.807) is 19.1 Å². The lowest BCUT2D eigenvalue weighted by Gasteiger charge is -2.15. The number of rotatable bonds is 3. The predicted octanol–water partition coefficient (Wildman–Crippen LogP) is 4.71. The van der Waals surface area contributed by atoms with Gasteiger partial charge in [-0.3, -0.25) is 0 Å². The van der Waals surface area contributed by atoms with Gasteiger partial charge in [-0.15, -0.1) is 0 Å². The van der Waals surface area contributed by atoms with Crippen LogP contribution in [-0.2, 0) is 0 Å². The highest BCUT2D eigenvalue weighted by molar-refractivity contribution is 9.10. The molecule has 0 aliphatic rings. The molecule has 2 N–H and O–H groups in total. The third-order valence-corrected chi connectivity index (χ3v) is 3.33. The fraction of sp³-hybridized carbons (Fsp3) is 0.200. The monoisotopic (exact) mass is 323 g/mol. The third-order valence-electron chi connectivity index (χ3n) is 2.84. The summed E-state index contributed by atoms with van der Waals surface area (Å²) in [5, 5.41) is 0. The number of benzene rings is 2. The van der Waals surface area contributed by atoms with Crippen LogP contribution in [0.25, 0.3) is 0 Å². The summed E-state index contributed by atoms with van der Waals surface area (Å²) in [4.78, 5) is 0. The first-order chi connectivity index (χ1) is 8.99. The molecular weight excluding hydrogens is 309 g/mol. The third kappa shape index (κ3) is 3.14. The topological polar surface area (TPSA) is 35.2 Å². The van der Waals surface area contributed by atoms with Crippen LogP contribution in [0.3, 0.4) is 0 Å². The van der Waals surface area contributed by atoms with Gasteiger partial charge in [-0.1, -0.05) is 28.1 Å². The Morgan fingerprint density at radius 1 is 1.21 bits per heavy atom. The van der Waals surface area contributed by atoms with E-state index >= 15 is 0 Å². The largest absolute Gasteiger partial charge is 0.457 e. The predicted molar refractivity (Wildman–Crippen MR) is 78.0 cm³/mol. The molecule has 1 atom stereocenters. The molecule has 0 aromatic heterocycles. The number of halogens is 2. The molecule has 0 fully saturated rings. The van der Waals surface area contributed by atoms with E-state index in [4.69, 9.17) is 10.5 Å². The van der Waals surface area contributed by atoms with Gasteiger partial charge in [-0.2, -0.15) is 0 Å². The summed E-state index contributed by atoms with van der Waals surface area (Å²) in [6.45, 7) is 3.67. The van der Waals surface area contributed by atoms with E-state index in [1.165, 1.54) is 6.07 Å². The van der Waals surface area contributed by atoms with Crippen LogP contribution in [0.4, 0.5) is 4.39 Å². The van der Waals surface area contributed by atoms with E-state index in [9.17, 15) is 4.39 Å². The van der Waals surface area contributed by atoms with E-state index in [1.807, 2.05) is 25.1 Å². The maximum absolute atomic E-state index is 13.8. The zero-order valence-corrected chi connectivity index (χ0v) is 12.4. The first-order valence-corrected chi connectivity index (χ1v) is 6.76. The van der Waals surface area contributed by atoms with Gasteiger partial charge in [0, 0.05) is 16.1 Å². The van der Waals surface area contributed by atoms with Crippen molar-refractivity contribution >= 4 is 15.9 Å². The maximum Gasteiger partial charge on any atom is 0.135 e. The van der Waals surface area contributed by atoms with Gasteiger partial charge in [0.15, 0.2) is 0 Å². The first kappa shape index (κ1) is 14.0. The Kier molecular flexibility index (Phi) is 4.22. The lowest BCUT2D eigenvalue weighted by atomic mass is 10.1. The standard InChI is InChI=1S/C15H15BrFNO/c1-9-6-7-11(16)8-14(9)19-13-5-3-4-12(17)15(13)10(2)18/h3-8,10H,18H2,1-2H3. The van der Waals surface area contributed by atoms with Crippen molar-refractivity contribution in [2.75, 3.05) is 0 Å². The minimum absolute atomic E-state index is 0.347. The minimum atomic E-state index is -0.427. The average molecular weight is 324 g/mol. The van der Waals surface area contributed by atoms with Crippen molar-refractivity contribution < 1.29 is 9.13 Å². The van der Waals surface area contributed by atoms with Crippen LogP contribution in [0, 0.1) is 12.7 Å². The van der Waals surface area contributed by atoms with Crippen molar-refractivity contribution in [3.63, 3.8) is 0 Å². The molecule has 0 radical (unpaired) electrons. The Bertz CT molecular complexity index is 599. The number of nitrogens with two attached hydrogens (primary N) is 1. The Hall–Kier alpha value is -1.39. The lowest BCUT2D eigenvalue weighted by Crippen LogP contribution is -2.09. The van der Waals surface area contributed by atoms with Crippen molar-refractivity contribution in [3.8, 4) is 11.5 Å². The van der Waals surface area contributed by atoms with Crippen LogP contribution >= 0.6 is 15.9 Å². The Morgan fingerprint density at radius 3 is 2.63 bits per heavy atom. The summed E-state index contributed by atoms with van der Waals surface area (Å²) in [7, 11) is 0. The summed E-state index contributed by atoms with van der Waals surface area (Å²) in [6.07, 6.45) is 0. The van der Waals surface area contributed by atoms with Crippen LogP contribution in [-0.4, -0.2) is 0 Å². The molecule has 4 heteroatoms. The van der Waals surface area contributed by atoms with Crippen molar-refractivity contribution in [2.24, 2.45) is 5.73 Å². The summed E-state index contributed by atoms with van der Waals surface area (Å²) >= 11 is 3.39. The van der Waals surface area contributed by atoms with E-state index in [2.05, 4.69) is 15.9 Å². The molecule has 0 aliphatic heterocycles. The molecule has 2 rings (SSSR count). The molecule has 0 bridgehead atoms. The molecule has 0 spiro atoms. The van der Waals surface area contributed by atoms with Crippen molar-refractivity contribution in [1.82, 2.24) is 0 Å². The first-order valence-electron chi connectivity index (χ1n) is 5.97. The Labute approximate surface area is 120 Å². The molecule has 2 nitrogen and oxygen atoms in total. The van der Waals surface area contributed by atoms with Gasteiger partial charge >= 0.3 is 0 Å². The smallest absolute Gasteiger partial charge is 0.135 e. The lowest BCUT2D eigenvalue weighted by molar-refractivity contribution is 0.457. The molecule has 1 unspecified atom stereocenters. The van der Waals surface area contributed by atoms with Crippen molar-refractivity contribution in [3.05, 3.63) is 57.8 Å². The second-order valence-electron chi connectivity index (χ2n) is 4.45. The number of aryl methyl sites for hydroxylation is 1. The molecule has 2 aromatic carbocycles. The molecule has 19 heavy (non-hydrogen) atoms. The van der Waals surface area contributed by atoms with Gasteiger partial charge < -0.3 is 10.5 Å². The highest BCUT2D eigenvalue weighted by Crippen LogP contribution is 2.33. The van der Waals surface area contributed by atoms with Gasteiger partial charge in [-0.25, -0.2) is 4.39 Å². The Morgan fingerprint density at radius 2 is 1.95 bits per heavy atom. The van der Waals surface area contributed by atoms with E-state index in [0.29, 0.717) is 17.1 Å². The van der Waals surface area contributed by atoms with Crippen LogP contribution in [0.1, 0.15) is 24.1 Å². The summed E-state index contributed by atoms with van der Waals surface area (Å²) in [6, 6.07) is 10.0. The highest BCUT2D eigenvalue weighted by Gasteiger charge is 2.15. The zero-order valence-electron chi connectivity index (χ0n) is 10.8. The van der Waals surface area contributed by atoms with Gasteiger partial charge in [0.05, 0.1) is 0 Å². The molecule has 0 saturated carbocycles. The summed E-state index contributed by atoms with van der Waals surface area (Å²) in [5.74, 6) is 0.790. The summed E-state index contributed by atoms with van der Waals surface area (Å²) < 4.78 is 20.5. The number of hydrogen-bond donors (Lipinski definition) is 1. The second kappa shape index (κ2) is 5.72. The number of ether oxygens (including phenoxy) is 1. The molecule has 0 aliphatic carbocycles. The SMILES string of the molecule is Cc1ccc(Br)cc1Oc1cccc(F)c1C(C)N. The van der Waals surface area contributed by atoms with Crippen LogP contribution in [0.15, 0.2) is 40.9 Å². The molecule has 100 valence electrons. The minimum Gasteiger partial charge on any atom is -0.457 e. The maximum atomic E-state index is 13.8. The van der Waals surface area contributed by atoms with Crippen LogP contribution in [0.2, 0.25) is 0 Å². The van der Waals surface area contributed by atoms with Gasteiger partial charge in [0.2, 0.25) is 0 Å². The van der Waals surface area contributed by atoms with Crippen molar-refractivity contribution in [2.45, 2.75) is 19.9 Å². The molecule has 2 aromatic rings.